The van der Waals surface area contributed by atoms with Gasteiger partial charge in [0.25, 0.3) is 0 Å². The number of nitrogens with zero attached hydrogens (tertiary/aromatic N) is 3. The first-order valence-corrected chi connectivity index (χ1v) is 4.99. The van der Waals surface area contributed by atoms with Crippen LogP contribution in [0.15, 0.2) is 35.2 Å². The molecule has 0 spiro atoms. The van der Waals surface area contributed by atoms with E-state index in [4.69, 9.17) is 5.84 Å². The van der Waals surface area contributed by atoms with Crippen LogP contribution in [0, 0.1) is 0 Å². The van der Waals surface area contributed by atoms with Crippen molar-refractivity contribution in [2.45, 2.75) is 0 Å². The molecule has 0 bridgehead atoms. The Labute approximate surface area is 94.9 Å². The molecule has 0 aromatic carbocycles. The average molecular weight is 266 g/mol. The van der Waals surface area contributed by atoms with Gasteiger partial charge in [-0.25, -0.2) is 15.8 Å². The number of hydrogen-bond acceptors (Lipinski definition) is 5. The van der Waals surface area contributed by atoms with Crippen LogP contribution in [0.1, 0.15) is 0 Å². The number of anilines is 1. The van der Waals surface area contributed by atoms with Crippen molar-refractivity contribution in [3.05, 3.63) is 35.2 Å². The normalized spacial score (nSPS) is 10.0. The summed E-state index contributed by atoms with van der Waals surface area (Å²) in [6.45, 7) is 0. The first kappa shape index (κ1) is 10.0. The second-order valence-corrected chi connectivity index (χ2v) is 3.72. The average Bonchev–Trinajstić information content (AvgIpc) is 2.29. The van der Waals surface area contributed by atoms with E-state index >= 15 is 0 Å². The number of hydrazine groups is 1. The summed E-state index contributed by atoms with van der Waals surface area (Å²) < 4.78 is 0.884. The van der Waals surface area contributed by atoms with E-state index in [0.29, 0.717) is 11.6 Å². The molecule has 0 amide bonds. The fourth-order valence-corrected chi connectivity index (χ4v) is 1.48. The maximum Gasteiger partial charge on any atom is 0.163 e. The highest BCUT2D eigenvalue weighted by molar-refractivity contribution is 9.10. The van der Waals surface area contributed by atoms with E-state index in [2.05, 4.69) is 36.3 Å². The van der Waals surface area contributed by atoms with E-state index in [0.717, 1.165) is 10.0 Å². The van der Waals surface area contributed by atoms with Crippen LogP contribution in [0.3, 0.4) is 0 Å². The minimum Gasteiger partial charge on any atom is -0.308 e. The standard InChI is InChI=1S/C9H8BrN5/c10-7-3-6(4-12-5-7)9-13-2-1-8(14-9)15-11/h1-5H,11H2,(H,13,14,15). The molecule has 2 heterocycles. The number of nitrogens with one attached hydrogen (secondary N) is 1. The SMILES string of the molecule is NNc1ccnc(-c2cncc(Br)c2)n1. The summed E-state index contributed by atoms with van der Waals surface area (Å²) in [6.07, 6.45) is 5.04. The molecule has 0 aliphatic rings. The highest BCUT2D eigenvalue weighted by Crippen LogP contribution is 2.18. The molecule has 0 fully saturated rings. The van der Waals surface area contributed by atoms with Crippen molar-refractivity contribution in [3.8, 4) is 11.4 Å². The molecule has 0 unspecified atom stereocenters. The minimum atomic E-state index is 0.569. The Kier molecular flexibility index (Phi) is 2.89. The van der Waals surface area contributed by atoms with Gasteiger partial charge in [0.05, 0.1) is 0 Å². The Morgan fingerprint density at radius 3 is 2.93 bits per heavy atom. The summed E-state index contributed by atoms with van der Waals surface area (Å²) in [7, 11) is 0. The molecule has 5 nitrogen and oxygen atoms in total. The molecular weight excluding hydrogens is 258 g/mol. The van der Waals surface area contributed by atoms with Gasteiger partial charge < -0.3 is 5.43 Å². The van der Waals surface area contributed by atoms with E-state index in [9.17, 15) is 0 Å². The molecule has 0 saturated heterocycles. The van der Waals surface area contributed by atoms with Gasteiger partial charge in [-0.1, -0.05) is 0 Å². The molecule has 2 aromatic heterocycles. The van der Waals surface area contributed by atoms with Crippen LogP contribution in [0.25, 0.3) is 11.4 Å². The van der Waals surface area contributed by atoms with Gasteiger partial charge >= 0.3 is 0 Å². The number of rotatable bonds is 2. The summed E-state index contributed by atoms with van der Waals surface area (Å²) in [5.41, 5.74) is 3.30. The zero-order valence-electron chi connectivity index (χ0n) is 7.68. The number of hydrogen-bond donors (Lipinski definition) is 2. The lowest BCUT2D eigenvalue weighted by atomic mass is 10.3. The molecular formula is C9H8BrN5. The molecule has 0 atom stereocenters. The quantitative estimate of drug-likeness (QED) is 0.637. The molecule has 6 heteroatoms. The van der Waals surface area contributed by atoms with Gasteiger partial charge in [0, 0.05) is 34.7 Å². The van der Waals surface area contributed by atoms with Gasteiger partial charge in [0.15, 0.2) is 5.82 Å². The summed E-state index contributed by atoms with van der Waals surface area (Å²) in [4.78, 5) is 12.4. The van der Waals surface area contributed by atoms with E-state index in [1.807, 2.05) is 6.07 Å². The van der Waals surface area contributed by atoms with Crippen molar-refractivity contribution < 1.29 is 0 Å². The number of nitrogen functional groups attached to an aromatic ring is 1. The summed E-state index contributed by atoms with van der Waals surface area (Å²) in [5, 5.41) is 0. The fourth-order valence-electron chi connectivity index (χ4n) is 1.11. The van der Waals surface area contributed by atoms with E-state index in [1.54, 1.807) is 24.7 Å². The number of nitrogens with two attached hydrogens (primary N) is 1. The lowest BCUT2D eigenvalue weighted by Crippen LogP contribution is -2.09. The monoisotopic (exact) mass is 265 g/mol. The molecule has 76 valence electrons. The number of pyridine rings is 1. The van der Waals surface area contributed by atoms with Crippen molar-refractivity contribution >= 4 is 21.7 Å². The third-order valence-corrected chi connectivity index (χ3v) is 2.20. The zero-order valence-corrected chi connectivity index (χ0v) is 9.27. The molecule has 0 aliphatic carbocycles. The van der Waals surface area contributed by atoms with Crippen molar-refractivity contribution in [1.82, 2.24) is 15.0 Å². The lowest BCUT2D eigenvalue weighted by molar-refractivity contribution is 1.14. The molecule has 2 rings (SSSR count). The molecule has 0 radical (unpaired) electrons. The van der Waals surface area contributed by atoms with Gasteiger partial charge in [-0.2, -0.15) is 0 Å². The van der Waals surface area contributed by atoms with Gasteiger partial charge in [-0.3, -0.25) is 4.98 Å². The van der Waals surface area contributed by atoms with Gasteiger partial charge in [-0.05, 0) is 22.0 Å². The molecule has 15 heavy (non-hydrogen) atoms. The van der Waals surface area contributed by atoms with E-state index in [-0.39, 0.29) is 0 Å². The van der Waals surface area contributed by atoms with Crippen molar-refractivity contribution in [2.75, 3.05) is 5.43 Å². The second-order valence-electron chi connectivity index (χ2n) is 2.80. The van der Waals surface area contributed by atoms with Crippen LogP contribution < -0.4 is 11.3 Å². The highest BCUT2D eigenvalue weighted by Gasteiger charge is 2.02. The van der Waals surface area contributed by atoms with Crippen LogP contribution >= 0.6 is 15.9 Å². The molecule has 0 saturated carbocycles. The summed E-state index contributed by atoms with van der Waals surface area (Å²) in [6, 6.07) is 3.58. The number of aromatic nitrogens is 3. The summed E-state index contributed by atoms with van der Waals surface area (Å²) >= 11 is 3.34. The van der Waals surface area contributed by atoms with E-state index < -0.39 is 0 Å². The lowest BCUT2D eigenvalue weighted by Gasteiger charge is -2.02. The van der Waals surface area contributed by atoms with Crippen LogP contribution in [0.2, 0.25) is 0 Å². The highest BCUT2D eigenvalue weighted by atomic mass is 79.9. The Balaban J connectivity index is 2.44. The third kappa shape index (κ3) is 2.28. The Bertz CT molecular complexity index is 474. The van der Waals surface area contributed by atoms with Crippen molar-refractivity contribution in [3.63, 3.8) is 0 Å². The van der Waals surface area contributed by atoms with Crippen LogP contribution in [0.5, 0.6) is 0 Å². The Morgan fingerprint density at radius 2 is 2.20 bits per heavy atom. The van der Waals surface area contributed by atoms with Crippen LogP contribution in [-0.2, 0) is 0 Å². The predicted molar refractivity (Wildman–Crippen MR) is 60.8 cm³/mol. The largest absolute Gasteiger partial charge is 0.308 e. The second kappa shape index (κ2) is 4.33. The summed E-state index contributed by atoms with van der Waals surface area (Å²) in [5.74, 6) is 6.41. The van der Waals surface area contributed by atoms with Gasteiger partial charge in [0.2, 0.25) is 0 Å². The van der Waals surface area contributed by atoms with E-state index in [1.165, 1.54) is 0 Å². The maximum atomic E-state index is 5.26. The van der Waals surface area contributed by atoms with Crippen molar-refractivity contribution in [2.24, 2.45) is 5.84 Å². The van der Waals surface area contributed by atoms with Crippen molar-refractivity contribution in [1.29, 1.82) is 0 Å². The maximum absolute atomic E-state index is 5.26. The molecule has 3 N–H and O–H groups in total. The molecule has 2 aromatic rings. The third-order valence-electron chi connectivity index (χ3n) is 1.77. The van der Waals surface area contributed by atoms with Gasteiger partial charge in [0.1, 0.15) is 5.82 Å². The first-order chi connectivity index (χ1) is 7.29. The van der Waals surface area contributed by atoms with Crippen LogP contribution in [-0.4, -0.2) is 15.0 Å². The zero-order chi connectivity index (χ0) is 10.7. The first-order valence-electron chi connectivity index (χ1n) is 4.20. The Hall–Kier alpha value is -1.53. The fraction of sp³-hybridized carbons (Fsp3) is 0. The number of halogens is 1. The smallest absolute Gasteiger partial charge is 0.163 e. The Morgan fingerprint density at radius 1 is 1.33 bits per heavy atom. The van der Waals surface area contributed by atoms with Crippen LogP contribution in [0.4, 0.5) is 5.82 Å². The molecule has 0 aliphatic heterocycles. The minimum absolute atomic E-state index is 0.569. The van der Waals surface area contributed by atoms with Gasteiger partial charge in [-0.15, -0.1) is 0 Å². The predicted octanol–water partition coefficient (Wildman–Crippen LogP) is 1.59. The topological polar surface area (TPSA) is 76.7 Å².